The summed E-state index contributed by atoms with van der Waals surface area (Å²) < 4.78 is 0. The molecule has 0 saturated heterocycles. The fourth-order valence-electron chi connectivity index (χ4n) is 1.50. The number of oxime groups is 1. The molecule has 0 aliphatic heterocycles. The molecular weight excluding hydrogens is 210 g/mol. The summed E-state index contributed by atoms with van der Waals surface area (Å²) in [4.78, 5) is 5.21. The van der Waals surface area contributed by atoms with Gasteiger partial charge in [0.25, 0.3) is 0 Å². The second-order valence-electron chi connectivity index (χ2n) is 3.74. The molecule has 0 fully saturated rings. The second kappa shape index (κ2) is 6.48. The highest BCUT2D eigenvalue weighted by Gasteiger charge is 1.89. The van der Waals surface area contributed by atoms with Gasteiger partial charge in [0, 0.05) is 12.6 Å². The predicted molar refractivity (Wildman–Crippen MR) is 69.9 cm³/mol. The Morgan fingerprint density at radius 3 is 2.06 bits per heavy atom. The van der Waals surface area contributed by atoms with E-state index in [4.69, 9.17) is 4.84 Å². The van der Waals surface area contributed by atoms with E-state index in [9.17, 15) is 0 Å². The van der Waals surface area contributed by atoms with Crippen LogP contribution in [0.3, 0.4) is 0 Å². The van der Waals surface area contributed by atoms with Crippen LogP contribution in [0.15, 0.2) is 65.8 Å². The maximum Gasteiger partial charge on any atom is 0.142 e. The van der Waals surface area contributed by atoms with Gasteiger partial charge < -0.3 is 4.84 Å². The van der Waals surface area contributed by atoms with Crippen molar-refractivity contribution in [3.05, 3.63) is 71.8 Å². The average molecular weight is 225 g/mol. The summed E-state index contributed by atoms with van der Waals surface area (Å²) in [5, 5.41) is 3.94. The molecule has 2 aromatic carbocycles. The van der Waals surface area contributed by atoms with Crippen LogP contribution >= 0.6 is 0 Å². The molecule has 0 N–H and O–H groups in total. The van der Waals surface area contributed by atoms with Crippen LogP contribution in [-0.2, 0) is 17.9 Å². The molecule has 2 aromatic rings. The van der Waals surface area contributed by atoms with Crippen molar-refractivity contribution in [1.82, 2.24) is 0 Å². The van der Waals surface area contributed by atoms with Gasteiger partial charge in [0.1, 0.15) is 6.61 Å². The largest absolute Gasteiger partial charge is 0.391 e. The van der Waals surface area contributed by atoms with Gasteiger partial charge in [-0.2, -0.15) is 0 Å². The molecule has 0 aromatic heterocycles. The Morgan fingerprint density at radius 2 is 1.41 bits per heavy atom. The number of hydrogen-bond acceptors (Lipinski definition) is 2. The van der Waals surface area contributed by atoms with Crippen molar-refractivity contribution in [3.8, 4) is 0 Å². The molecule has 2 nitrogen and oxygen atoms in total. The lowest BCUT2D eigenvalue weighted by Gasteiger charge is -1.98. The Kier molecular flexibility index (Phi) is 4.35. The maximum absolute atomic E-state index is 5.21. The van der Waals surface area contributed by atoms with Crippen molar-refractivity contribution in [3.63, 3.8) is 0 Å². The lowest BCUT2D eigenvalue weighted by molar-refractivity contribution is 0.131. The molecule has 0 spiro atoms. The first-order valence-corrected chi connectivity index (χ1v) is 5.67. The predicted octanol–water partition coefficient (Wildman–Crippen LogP) is 3.43. The highest BCUT2D eigenvalue weighted by Crippen LogP contribution is 2.01. The molecule has 2 rings (SSSR count). The van der Waals surface area contributed by atoms with Gasteiger partial charge in [-0.05, 0) is 11.1 Å². The smallest absolute Gasteiger partial charge is 0.142 e. The normalized spacial score (nSPS) is 10.6. The highest BCUT2D eigenvalue weighted by atomic mass is 16.6. The van der Waals surface area contributed by atoms with Crippen molar-refractivity contribution in [1.29, 1.82) is 0 Å². The average Bonchev–Trinajstić information content (AvgIpc) is 2.41. The van der Waals surface area contributed by atoms with E-state index < -0.39 is 0 Å². The topological polar surface area (TPSA) is 21.6 Å². The lowest BCUT2D eigenvalue weighted by Crippen LogP contribution is -1.89. The Labute approximate surface area is 102 Å². The quantitative estimate of drug-likeness (QED) is 0.564. The van der Waals surface area contributed by atoms with E-state index in [0.717, 1.165) is 12.0 Å². The second-order valence-corrected chi connectivity index (χ2v) is 3.74. The zero-order valence-corrected chi connectivity index (χ0v) is 9.62. The van der Waals surface area contributed by atoms with Gasteiger partial charge in [-0.25, -0.2) is 0 Å². The van der Waals surface area contributed by atoms with Gasteiger partial charge >= 0.3 is 0 Å². The minimum atomic E-state index is 0.520. The fraction of sp³-hybridized carbons (Fsp3) is 0.133. The Hall–Kier alpha value is -2.09. The van der Waals surface area contributed by atoms with Gasteiger partial charge in [0.2, 0.25) is 0 Å². The van der Waals surface area contributed by atoms with Gasteiger partial charge in [0.15, 0.2) is 0 Å². The van der Waals surface area contributed by atoms with Crippen LogP contribution in [0, 0.1) is 0 Å². The summed E-state index contributed by atoms with van der Waals surface area (Å²) in [6.07, 6.45) is 2.59. The number of benzene rings is 2. The molecule has 0 bridgehead atoms. The Bertz CT molecular complexity index is 451. The van der Waals surface area contributed by atoms with Crippen molar-refractivity contribution in [2.75, 3.05) is 0 Å². The van der Waals surface area contributed by atoms with Gasteiger partial charge in [-0.15, -0.1) is 0 Å². The van der Waals surface area contributed by atoms with Crippen molar-refractivity contribution >= 4 is 6.21 Å². The number of hydrogen-bond donors (Lipinski definition) is 0. The van der Waals surface area contributed by atoms with Crippen molar-refractivity contribution < 1.29 is 4.84 Å². The van der Waals surface area contributed by atoms with Gasteiger partial charge in [-0.1, -0.05) is 65.8 Å². The molecule has 0 atom stereocenters. The van der Waals surface area contributed by atoms with Crippen LogP contribution in [0.1, 0.15) is 11.1 Å². The summed E-state index contributed by atoms with van der Waals surface area (Å²) in [5.74, 6) is 0. The third kappa shape index (κ3) is 4.11. The van der Waals surface area contributed by atoms with Crippen LogP contribution in [0.4, 0.5) is 0 Å². The first-order valence-electron chi connectivity index (χ1n) is 5.67. The van der Waals surface area contributed by atoms with Crippen molar-refractivity contribution in [2.24, 2.45) is 5.16 Å². The highest BCUT2D eigenvalue weighted by molar-refractivity contribution is 5.60. The summed E-state index contributed by atoms with van der Waals surface area (Å²) in [7, 11) is 0. The Balaban J connectivity index is 1.72. The summed E-state index contributed by atoms with van der Waals surface area (Å²) in [5.41, 5.74) is 2.36. The van der Waals surface area contributed by atoms with E-state index in [1.165, 1.54) is 5.56 Å². The molecular formula is C15H15NO. The van der Waals surface area contributed by atoms with E-state index in [2.05, 4.69) is 17.3 Å². The number of nitrogens with zero attached hydrogens (tertiary/aromatic N) is 1. The third-order valence-electron chi connectivity index (χ3n) is 2.39. The zero-order chi connectivity index (χ0) is 11.8. The first kappa shape index (κ1) is 11.4. The first-order chi connectivity index (χ1) is 8.45. The molecule has 2 heteroatoms. The van der Waals surface area contributed by atoms with E-state index in [0.29, 0.717) is 6.61 Å². The molecule has 0 aliphatic carbocycles. The maximum atomic E-state index is 5.21. The molecule has 0 radical (unpaired) electrons. The van der Waals surface area contributed by atoms with E-state index in [1.807, 2.05) is 48.5 Å². The monoisotopic (exact) mass is 225 g/mol. The molecule has 0 heterocycles. The van der Waals surface area contributed by atoms with E-state index >= 15 is 0 Å². The SMILES string of the molecule is C(/Cc1ccccc1)=N/OCc1ccccc1. The number of rotatable bonds is 5. The van der Waals surface area contributed by atoms with Crippen LogP contribution in [-0.4, -0.2) is 6.21 Å². The molecule has 0 aliphatic rings. The molecule has 0 saturated carbocycles. The fourth-order valence-corrected chi connectivity index (χ4v) is 1.50. The third-order valence-corrected chi connectivity index (χ3v) is 2.39. The minimum Gasteiger partial charge on any atom is -0.391 e. The van der Waals surface area contributed by atoms with Crippen LogP contribution in [0.25, 0.3) is 0 Å². The zero-order valence-electron chi connectivity index (χ0n) is 9.62. The van der Waals surface area contributed by atoms with Gasteiger partial charge in [-0.3, -0.25) is 0 Å². The standard InChI is InChI=1S/C15H15NO/c1-3-7-14(8-4-1)11-12-16-17-13-15-9-5-2-6-10-15/h1-10,12H,11,13H2/b16-12-. The molecule has 0 amide bonds. The lowest BCUT2D eigenvalue weighted by atomic mass is 10.2. The summed E-state index contributed by atoms with van der Waals surface area (Å²) >= 11 is 0. The van der Waals surface area contributed by atoms with E-state index in [1.54, 1.807) is 6.21 Å². The van der Waals surface area contributed by atoms with Crippen LogP contribution in [0.2, 0.25) is 0 Å². The van der Waals surface area contributed by atoms with Crippen LogP contribution in [0.5, 0.6) is 0 Å². The summed E-state index contributed by atoms with van der Waals surface area (Å²) in [6, 6.07) is 20.2. The molecule has 17 heavy (non-hydrogen) atoms. The van der Waals surface area contributed by atoms with Gasteiger partial charge in [0.05, 0.1) is 0 Å². The Morgan fingerprint density at radius 1 is 0.824 bits per heavy atom. The summed E-state index contributed by atoms with van der Waals surface area (Å²) in [6.45, 7) is 0.520. The minimum absolute atomic E-state index is 0.520. The van der Waals surface area contributed by atoms with E-state index in [-0.39, 0.29) is 0 Å². The molecule has 0 unspecified atom stereocenters. The molecule has 86 valence electrons. The van der Waals surface area contributed by atoms with Crippen LogP contribution < -0.4 is 0 Å². The van der Waals surface area contributed by atoms with Crippen molar-refractivity contribution in [2.45, 2.75) is 13.0 Å².